The largest absolute Gasteiger partial charge is 0.457 e. The van der Waals surface area contributed by atoms with Crippen molar-refractivity contribution in [2.45, 2.75) is 20.0 Å². The zero-order chi connectivity index (χ0) is 10.1. The van der Waals surface area contributed by atoms with E-state index in [2.05, 4.69) is 4.74 Å². The van der Waals surface area contributed by atoms with E-state index in [1.165, 1.54) is 7.11 Å². The number of methoxy groups -OCH3 is 1. The molecule has 0 N–H and O–H groups in total. The molecule has 0 bridgehead atoms. The molecule has 0 saturated carbocycles. The minimum atomic E-state index is -0.347. The smallest absolute Gasteiger partial charge is 0.332 e. The molecule has 0 heterocycles. The first kappa shape index (κ1) is 11.9. The minimum Gasteiger partial charge on any atom is -0.457 e. The number of rotatable bonds is 5. The average Bonchev–Trinajstić information content (AvgIpc) is 2.05. The van der Waals surface area contributed by atoms with Gasteiger partial charge < -0.3 is 9.47 Å². The molecule has 0 aromatic heterocycles. The van der Waals surface area contributed by atoms with Crippen LogP contribution in [0.25, 0.3) is 0 Å². The van der Waals surface area contributed by atoms with Gasteiger partial charge in [0.2, 0.25) is 0 Å². The zero-order valence-corrected chi connectivity index (χ0v) is 8.32. The Morgan fingerprint density at radius 2 is 2.15 bits per heavy atom. The zero-order valence-electron chi connectivity index (χ0n) is 8.32. The summed E-state index contributed by atoms with van der Waals surface area (Å²) in [6.07, 6.45) is 7.21. The summed E-state index contributed by atoms with van der Waals surface area (Å²) in [6, 6.07) is 0. The second-order valence-corrected chi connectivity index (χ2v) is 2.54. The maximum Gasteiger partial charge on any atom is 0.332 e. The lowest BCUT2D eigenvalue weighted by molar-refractivity contribution is -0.150. The van der Waals surface area contributed by atoms with E-state index in [1.807, 2.05) is 25.2 Å². The van der Waals surface area contributed by atoms with Gasteiger partial charge >= 0.3 is 5.97 Å². The van der Waals surface area contributed by atoms with Crippen molar-refractivity contribution in [1.29, 1.82) is 0 Å². The Bertz CT molecular complexity index is 194. The SMILES string of the molecule is C/C=C\C=C\C(C)OC(=O)COC. The second-order valence-electron chi connectivity index (χ2n) is 2.54. The summed E-state index contributed by atoms with van der Waals surface area (Å²) in [5.41, 5.74) is 0. The molecule has 0 aromatic rings. The molecule has 0 saturated heterocycles. The second kappa shape index (κ2) is 7.55. The van der Waals surface area contributed by atoms with Gasteiger partial charge in [0.1, 0.15) is 12.7 Å². The molecule has 0 aliphatic heterocycles. The van der Waals surface area contributed by atoms with Gasteiger partial charge in [0.15, 0.2) is 0 Å². The molecule has 0 amide bonds. The summed E-state index contributed by atoms with van der Waals surface area (Å²) in [6.45, 7) is 3.72. The number of hydrogen-bond donors (Lipinski definition) is 0. The third kappa shape index (κ3) is 7.28. The fourth-order valence-corrected chi connectivity index (χ4v) is 0.730. The third-order valence-corrected chi connectivity index (χ3v) is 1.27. The summed E-state index contributed by atoms with van der Waals surface area (Å²) in [5.74, 6) is -0.347. The number of esters is 1. The van der Waals surface area contributed by atoms with Crippen molar-refractivity contribution in [3.63, 3.8) is 0 Å². The van der Waals surface area contributed by atoms with Crippen LogP contribution in [0.2, 0.25) is 0 Å². The number of carbonyl (C=O) groups excluding carboxylic acids is 1. The monoisotopic (exact) mass is 184 g/mol. The van der Waals surface area contributed by atoms with Crippen LogP contribution in [0.15, 0.2) is 24.3 Å². The lowest BCUT2D eigenvalue weighted by atomic mass is 10.3. The average molecular weight is 184 g/mol. The number of hydrogen-bond acceptors (Lipinski definition) is 3. The Kier molecular flexibility index (Phi) is 6.92. The minimum absolute atomic E-state index is 0.00178. The maximum absolute atomic E-state index is 10.9. The quantitative estimate of drug-likeness (QED) is 0.482. The van der Waals surface area contributed by atoms with Crippen LogP contribution in [-0.4, -0.2) is 25.8 Å². The molecule has 1 atom stereocenters. The number of carbonyl (C=O) groups is 1. The highest BCUT2D eigenvalue weighted by Crippen LogP contribution is 1.94. The van der Waals surface area contributed by atoms with Gasteiger partial charge in [-0.3, -0.25) is 0 Å². The Morgan fingerprint density at radius 3 is 2.69 bits per heavy atom. The van der Waals surface area contributed by atoms with E-state index in [0.29, 0.717) is 0 Å². The number of allylic oxidation sites excluding steroid dienone is 3. The lowest BCUT2D eigenvalue weighted by Crippen LogP contribution is -2.16. The van der Waals surface area contributed by atoms with E-state index >= 15 is 0 Å². The molecule has 0 aromatic carbocycles. The van der Waals surface area contributed by atoms with Crippen molar-refractivity contribution in [3.8, 4) is 0 Å². The van der Waals surface area contributed by atoms with Crippen molar-refractivity contribution in [2.24, 2.45) is 0 Å². The normalized spacial score (nSPS) is 13.8. The highest BCUT2D eigenvalue weighted by Gasteiger charge is 2.04. The Labute approximate surface area is 79.0 Å². The lowest BCUT2D eigenvalue weighted by Gasteiger charge is -2.07. The summed E-state index contributed by atoms with van der Waals surface area (Å²) in [4.78, 5) is 10.9. The summed E-state index contributed by atoms with van der Waals surface area (Å²) < 4.78 is 9.57. The van der Waals surface area contributed by atoms with Crippen LogP contribution in [0.5, 0.6) is 0 Å². The van der Waals surface area contributed by atoms with Gasteiger partial charge in [-0.15, -0.1) is 0 Å². The molecule has 1 unspecified atom stereocenters. The maximum atomic E-state index is 10.9. The summed E-state index contributed by atoms with van der Waals surface area (Å²) in [5, 5.41) is 0. The molecule has 0 spiro atoms. The molecule has 0 rings (SSSR count). The van der Waals surface area contributed by atoms with Gasteiger partial charge in [-0.2, -0.15) is 0 Å². The van der Waals surface area contributed by atoms with Crippen LogP contribution >= 0.6 is 0 Å². The van der Waals surface area contributed by atoms with Crippen molar-refractivity contribution in [1.82, 2.24) is 0 Å². The van der Waals surface area contributed by atoms with E-state index in [9.17, 15) is 4.79 Å². The van der Waals surface area contributed by atoms with Gasteiger partial charge in [-0.25, -0.2) is 4.79 Å². The van der Waals surface area contributed by atoms with Crippen molar-refractivity contribution < 1.29 is 14.3 Å². The molecular weight excluding hydrogens is 168 g/mol. The van der Waals surface area contributed by atoms with Crippen molar-refractivity contribution in [3.05, 3.63) is 24.3 Å². The molecule has 0 aliphatic carbocycles. The predicted molar refractivity (Wildman–Crippen MR) is 51.4 cm³/mol. The fourth-order valence-electron chi connectivity index (χ4n) is 0.730. The highest BCUT2D eigenvalue weighted by molar-refractivity contribution is 5.70. The molecule has 3 heteroatoms. The molecule has 0 fully saturated rings. The van der Waals surface area contributed by atoms with E-state index in [0.717, 1.165) is 0 Å². The van der Waals surface area contributed by atoms with E-state index in [-0.39, 0.29) is 18.7 Å². The first-order valence-corrected chi connectivity index (χ1v) is 4.18. The van der Waals surface area contributed by atoms with E-state index in [1.54, 1.807) is 13.0 Å². The Hall–Kier alpha value is -1.09. The Morgan fingerprint density at radius 1 is 1.46 bits per heavy atom. The Balaban J connectivity index is 3.73. The molecule has 0 aliphatic rings. The molecular formula is C10H16O3. The van der Waals surface area contributed by atoms with Crippen LogP contribution in [0, 0.1) is 0 Å². The first-order valence-electron chi connectivity index (χ1n) is 4.18. The molecule has 74 valence electrons. The van der Waals surface area contributed by atoms with Crippen LogP contribution in [0.3, 0.4) is 0 Å². The van der Waals surface area contributed by atoms with E-state index in [4.69, 9.17) is 4.74 Å². The number of ether oxygens (including phenoxy) is 2. The summed E-state index contributed by atoms with van der Waals surface area (Å²) in [7, 11) is 1.46. The van der Waals surface area contributed by atoms with Gasteiger partial charge in [0.05, 0.1) is 0 Å². The van der Waals surface area contributed by atoms with Crippen molar-refractivity contribution in [2.75, 3.05) is 13.7 Å². The van der Waals surface area contributed by atoms with Crippen LogP contribution < -0.4 is 0 Å². The van der Waals surface area contributed by atoms with Gasteiger partial charge in [-0.05, 0) is 19.9 Å². The van der Waals surface area contributed by atoms with Gasteiger partial charge in [0.25, 0.3) is 0 Å². The van der Waals surface area contributed by atoms with Gasteiger partial charge in [0, 0.05) is 7.11 Å². The van der Waals surface area contributed by atoms with E-state index < -0.39 is 0 Å². The summed E-state index contributed by atoms with van der Waals surface area (Å²) >= 11 is 0. The fraction of sp³-hybridized carbons (Fsp3) is 0.500. The molecule has 13 heavy (non-hydrogen) atoms. The highest BCUT2D eigenvalue weighted by atomic mass is 16.6. The van der Waals surface area contributed by atoms with Gasteiger partial charge in [-0.1, -0.05) is 18.2 Å². The topological polar surface area (TPSA) is 35.5 Å². The molecule has 3 nitrogen and oxygen atoms in total. The predicted octanol–water partition coefficient (Wildman–Crippen LogP) is 1.70. The van der Waals surface area contributed by atoms with Crippen LogP contribution in [0.4, 0.5) is 0 Å². The first-order chi connectivity index (χ1) is 6.20. The standard InChI is InChI=1S/C10H16O3/c1-4-5-6-7-9(2)13-10(11)8-12-3/h4-7,9H,8H2,1-3H3/b5-4-,7-6+. The molecule has 0 radical (unpaired) electrons. The van der Waals surface area contributed by atoms with Crippen LogP contribution in [0.1, 0.15) is 13.8 Å². The van der Waals surface area contributed by atoms with Crippen LogP contribution in [-0.2, 0) is 14.3 Å². The third-order valence-electron chi connectivity index (χ3n) is 1.27. The van der Waals surface area contributed by atoms with Crippen molar-refractivity contribution >= 4 is 5.97 Å².